The topological polar surface area (TPSA) is 61.4 Å². The summed E-state index contributed by atoms with van der Waals surface area (Å²) < 4.78 is 0. The van der Waals surface area contributed by atoms with Crippen molar-refractivity contribution in [1.29, 1.82) is 0 Å². The van der Waals surface area contributed by atoms with E-state index in [0.717, 1.165) is 37.8 Å². The van der Waals surface area contributed by atoms with Gasteiger partial charge in [-0.3, -0.25) is 4.79 Å². The number of hydrogen-bond acceptors (Lipinski definition) is 5. The van der Waals surface area contributed by atoms with Crippen LogP contribution in [0.15, 0.2) is 36.7 Å². The number of anilines is 2. The van der Waals surface area contributed by atoms with Gasteiger partial charge in [0.25, 0.3) is 0 Å². The number of hydrogen-bond donors (Lipinski definition) is 1. The molecule has 25 heavy (non-hydrogen) atoms. The Hall–Kier alpha value is -2.63. The molecular weight excluding hydrogens is 314 g/mol. The average molecular weight is 339 g/mol. The van der Waals surface area contributed by atoms with Gasteiger partial charge < -0.3 is 15.1 Å². The lowest BCUT2D eigenvalue weighted by Gasteiger charge is -2.34. The van der Waals surface area contributed by atoms with Crippen molar-refractivity contribution in [3.63, 3.8) is 0 Å². The molecule has 6 nitrogen and oxygen atoms in total. The summed E-state index contributed by atoms with van der Waals surface area (Å²) >= 11 is 0. The zero-order chi connectivity index (χ0) is 17.6. The number of piperazine rings is 1. The van der Waals surface area contributed by atoms with Crippen LogP contribution in [0.2, 0.25) is 0 Å². The average Bonchev–Trinajstić information content (AvgIpc) is 2.64. The SMILES string of the molecule is Cc1ccc(NCCC(=O)N2CCN(c3ncccn3)CC2)c(C)c1. The molecule has 0 saturated carbocycles. The second-order valence-corrected chi connectivity index (χ2v) is 6.41. The molecule has 1 aliphatic heterocycles. The van der Waals surface area contributed by atoms with Gasteiger partial charge in [-0.2, -0.15) is 0 Å². The summed E-state index contributed by atoms with van der Waals surface area (Å²) in [5.74, 6) is 0.942. The highest BCUT2D eigenvalue weighted by Gasteiger charge is 2.21. The van der Waals surface area contributed by atoms with Gasteiger partial charge in [0.1, 0.15) is 0 Å². The molecule has 1 aromatic carbocycles. The van der Waals surface area contributed by atoms with Crippen molar-refractivity contribution in [1.82, 2.24) is 14.9 Å². The van der Waals surface area contributed by atoms with Crippen molar-refractivity contribution in [3.8, 4) is 0 Å². The minimum Gasteiger partial charge on any atom is -0.384 e. The van der Waals surface area contributed by atoms with Crippen LogP contribution >= 0.6 is 0 Å². The lowest BCUT2D eigenvalue weighted by atomic mass is 10.1. The van der Waals surface area contributed by atoms with Crippen molar-refractivity contribution in [2.24, 2.45) is 0 Å². The van der Waals surface area contributed by atoms with Crippen LogP contribution in [0.5, 0.6) is 0 Å². The van der Waals surface area contributed by atoms with E-state index in [4.69, 9.17) is 0 Å². The van der Waals surface area contributed by atoms with Crippen LogP contribution in [0.3, 0.4) is 0 Å². The van der Waals surface area contributed by atoms with E-state index in [1.807, 2.05) is 11.0 Å². The summed E-state index contributed by atoms with van der Waals surface area (Å²) in [6.45, 7) is 7.83. The molecule has 0 spiro atoms. The maximum Gasteiger partial charge on any atom is 0.225 e. The summed E-state index contributed by atoms with van der Waals surface area (Å²) in [5.41, 5.74) is 3.56. The lowest BCUT2D eigenvalue weighted by Crippen LogP contribution is -2.49. The molecule has 1 aliphatic rings. The number of rotatable bonds is 5. The third-order valence-corrected chi connectivity index (χ3v) is 4.50. The number of benzene rings is 1. The maximum absolute atomic E-state index is 12.4. The first kappa shape index (κ1) is 17.2. The molecule has 3 rings (SSSR count). The Kier molecular flexibility index (Phi) is 5.48. The molecular formula is C19H25N5O. The summed E-state index contributed by atoms with van der Waals surface area (Å²) in [4.78, 5) is 25.0. The third-order valence-electron chi connectivity index (χ3n) is 4.50. The van der Waals surface area contributed by atoms with Crippen LogP contribution in [0.1, 0.15) is 17.5 Å². The van der Waals surface area contributed by atoms with Crippen molar-refractivity contribution < 1.29 is 4.79 Å². The van der Waals surface area contributed by atoms with Gasteiger partial charge in [0.15, 0.2) is 0 Å². The number of aryl methyl sites for hydroxylation is 2. The first-order valence-electron chi connectivity index (χ1n) is 8.74. The summed E-state index contributed by atoms with van der Waals surface area (Å²) in [6.07, 6.45) is 4.01. The fraction of sp³-hybridized carbons (Fsp3) is 0.421. The minimum atomic E-state index is 0.200. The van der Waals surface area contributed by atoms with Gasteiger partial charge >= 0.3 is 0 Å². The summed E-state index contributed by atoms with van der Waals surface area (Å²) in [6, 6.07) is 8.12. The van der Waals surface area contributed by atoms with Gasteiger partial charge in [-0.05, 0) is 31.5 Å². The molecule has 6 heteroatoms. The van der Waals surface area contributed by atoms with Gasteiger partial charge in [-0.25, -0.2) is 9.97 Å². The van der Waals surface area contributed by atoms with Crippen LogP contribution in [0, 0.1) is 13.8 Å². The molecule has 0 radical (unpaired) electrons. The molecule has 2 aromatic rings. The second kappa shape index (κ2) is 7.96. The van der Waals surface area contributed by atoms with E-state index < -0.39 is 0 Å². The number of nitrogens with zero attached hydrogens (tertiary/aromatic N) is 4. The Bertz CT molecular complexity index is 711. The van der Waals surface area contributed by atoms with Crippen LogP contribution in [0.25, 0.3) is 0 Å². The fourth-order valence-electron chi connectivity index (χ4n) is 3.08. The molecule has 1 saturated heterocycles. The zero-order valence-corrected chi connectivity index (χ0v) is 14.9. The van der Waals surface area contributed by atoms with Gasteiger partial charge in [0.2, 0.25) is 11.9 Å². The van der Waals surface area contributed by atoms with Gasteiger partial charge in [0, 0.05) is 57.2 Å². The molecule has 2 heterocycles. The van der Waals surface area contributed by atoms with Crippen molar-refractivity contribution in [2.75, 3.05) is 42.9 Å². The van der Waals surface area contributed by atoms with E-state index in [1.165, 1.54) is 11.1 Å². The van der Waals surface area contributed by atoms with Crippen LogP contribution in [-0.2, 0) is 4.79 Å². The highest BCUT2D eigenvalue weighted by atomic mass is 16.2. The van der Waals surface area contributed by atoms with Crippen molar-refractivity contribution in [3.05, 3.63) is 47.8 Å². The number of aromatic nitrogens is 2. The first-order valence-corrected chi connectivity index (χ1v) is 8.74. The summed E-state index contributed by atoms with van der Waals surface area (Å²) in [7, 11) is 0. The number of carbonyl (C=O) groups excluding carboxylic acids is 1. The number of nitrogens with one attached hydrogen (secondary N) is 1. The zero-order valence-electron chi connectivity index (χ0n) is 14.9. The molecule has 0 bridgehead atoms. The minimum absolute atomic E-state index is 0.200. The van der Waals surface area contributed by atoms with Crippen LogP contribution in [0.4, 0.5) is 11.6 Å². The molecule has 1 amide bonds. The standard InChI is InChI=1S/C19H25N5O/c1-15-4-5-17(16(2)14-15)20-9-6-18(25)23-10-12-24(13-11-23)19-21-7-3-8-22-19/h3-5,7-8,14,20H,6,9-13H2,1-2H3. The maximum atomic E-state index is 12.4. The quantitative estimate of drug-likeness (QED) is 0.905. The normalized spacial score (nSPS) is 14.5. The van der Waals surface area contributed by atoms with Crippen molar-refractivity contribution in [2.45, 2.75) is 20.3 Å². The molecule has 0 unspecified atom stereocenters. The monoisotopic (exact) mass is 339 g/mol. The van der Waals surface area contributed by atoms with Gasteiger partial charge in [-0.1, -0.05) is 17.7 Å². The lowest BCUT2D eigenvalue weighted by molar-refractivity contribution is -0.131. The molecule has 1 aromatic heterocycles. The predicted molar refractivity (Wildman–Crippen MR) is 99.8 cm³/mol. The number of carbonyl (C=O) groups is 1. The fourth-order valence-corrected chi connectivity index (χ4v) is 3.08. The highest BCUT2D eigenvalue weighted by molar-refractivity contribution is 5.77. The Morgan fingerprint density at radius 3 is 2.52 bits per heavy atom. The molecule has 1 fully saturated rings. The molecule has 0 atom stereocenters. The Labute approximate surface area is 148 Å². The second-order valence-electron chi connectivity index (χ2n) is 6.41. The van der Waals surface area contributed by atoms with E-state index in [9.17, 15) is 4.79 Å². The van der Waals surface area contributed by atoms with Crippen LogP contribution in [-0.4, -0.2) is 53.5 Å². The molecule has 132 valence electrons. The van der Waals surface area contributed by atoms with E-state index in [-0.39, 0.29) is 5.91 Å². The Morgan fingerprint density at radius 2 is 1.84 bits per heavy atom. The van der Waals surface area contributed by atoms with E-state index in [2.05, 4.69) is 52.2 Å². The Balaban J connectivity index is 1.43. The van der Waals surface area contributed by atoms with Crippen LogP contribution < -0.4 is 10.2 Å². The third kappa shape index (κ3) is 4.47. The van der Waals surface area contributed by atoms with E-state index >= 15 is 0 Å². The Morgan fingerprint density at radius 1 is 1.12 bits per heavy atom. The van der Waals surface area contributed by atoms with Gasteiger partial charge in [0.05, 0.1) is 0 Å². The molecule has 0 aliphatic carbocycles. The van der Waals surface area contributed by atoms with E-state index in [1.54, 1.807) is 12.4 Å². The predicted octanol–water partition coefficient (Wildman–Crippen LogP) is 2.24. The van der Waals surface area contributed by atoms with Gasteiger partial charge in [-0.15, -0.1) is 0 Å². The molecule has 1 N–H and O–H groups in total. The highest BCUT2D eigenvalue weighted by Crippen LogP contribution is 2.16. The summed E-state index contributed by atoms with van der Waals surface area (Å²) in [5, 5.41) is 3.37. The van der Waals surface area contributed by atoms with Crippen molar-refractivity contribution >= 4 is 17.5 Å². The van der Waals surface area contributed by atoms with E-state index in [0.29, 0.717) is 13.0 Å². The first-order chi connectivity index (χ1) is 12.1. The largest absolute Gasteiger partial charge is 0.384 e. The smallest absolute Gasteiger partial charge is 0.225 e. The number of amides is 1.